The van der Waals surface area contributed by atoms with Crippen molar-refractivity contribution in [3.63, 3.8) is 0 Å². The van der Waals surface area contributed by atoms with Crippen LogP contribution in [0.15, 0.2) is 0 Å². The molecule has 0 bridgehead atoms. The molecule has 686 valence electrons. The molecule has 30 atom stereocenters. The molecule has 0 aromatic heterocycles. The summed E-state index contributed by atoms with van der Waals surface area (Å²) in [5.41, 5.74) is 5.26. The highest BCUT2D eigenvalue weighted by Crippen LogP contribution is 2.40. The summed E-state index contributed by atoms with van der Waals surface area (Å²) in [4.78, 5) is 38.7. The summed E-state index contributed by atoms with van der Waals surface area (Å²) in [7, 11) is -59.3. The molecule has 117 heavy (non-hydrogen) atoms. The van der Waals surface area contributed by atoms with E-state index in [1.807, 2.05) is 0 Å². The first-order valence-corrected chi connectivity index (χ1v) is 45.4. The van der Waals surface area contributed by atoms with E-state index in [0.717, 1.165) is 14.2 Å². The number of aliphatic hydroxyl groups excluding tert-OH is 7. The molecule has 15 N–H and O–H groups in total. The number of hydrogen-bond donors (Lipinski definition) is 14. The SMILES string of the molecule is NCCS(=O)(=O)CCCCCO[C@@H]1O[C@@H](C(=O)[O-])[C@@H](O[C@H]2O[C@H](COS(=O)(=O)[O-])[C@@H](O[C@@H]3O[C@@H](C(=O)[O-])[C@@H](O[C@H]4O[C@H](COS(=O)(=O)[O-])[C@@H](O[C@@H]5O[C@@H](C(=O)[O-])[C@@H](O[C@H]6O[C@H](COS(=O)(=O)[O-])[C@@H](O)[C@H](O)[C@H]6NS(=O)(=O)[O-])[C@H](O)[C@H]5OS(=O)(=O)O)[C@H](O)[C@H]4NS(=O)(=O)[O-])[C@H](O)[C@H]3OS(=O)(=O)O)[C@H](O)[C@H]2NS(=O)(=O)[O-])[C@H](O)[C@H]1OS(=O)(=O)O. The van der Waals surface area contributed by atoms with Crippen LogP contribution in [-0.2, 0) is 199 Å². The van der Waals surface area contributed by atoms with Crippen molar-refractivity contribution in [1.29, 1.82) is 0 Å². The monoisotopic (exact) mass is 1920 g/mol. The molecule has 64 nitrogen and oxygen atoms in total. The largest absolute Gasteiger partial charge is 0.735 e. The van der Waals surface area contributed by atoms with Gasteiger partial charge in [0.15, 0.2) is 96.8 Å². The number of carboxylic acid groups (broad SMARTS) is 3. The Labute approximate surface area is 657 Å². The molecular formula is C43H65N4O60S10-9. The minimum Gasteiger partial charge on any atom is -0.735 e. The second-order valence-corrected chi connectivity index (χ2v) is 36.5. The van der Waals surface area contributed by atoms with E-state index >= 15 is 0 Å². The van der Waals surface area contributed by atoms with Gasteiger partial charge >= 0.3 is 31.2 Å². The third kappa shape index (κ3) is 30.9. The Balaban J connectivity index is 1.38. The molecule has 0 spiro atoms. The van der Waals surface area contributed by atoms with Gasteiger partial charge in [-0.25, -0.2) is 85.6 Å². The summed E-state index contributed by atoms with van der Waals surface area (Å²) in [5.74, 6) is -9.15. The number of carboxylic acids is 3. The van der Waals surface area contributed by atoms with Gasteiger partial charge in [-0.2, -0.15) is 25.3 Å². The van der Waals surface area contributed by atoms with Crippen LogP contribution < -0.4 is 35.2 Å². The molecule has 0 aliphatic carbocycles. The van der Waals surface area contributed by atoms with E-state index in [2.05, 4.69) is 25.1 Å². The second kappa shape index (κ2) is 40.1. The number of aliphatic hydroxyl groups is 7. The van der Waals surface area contributed by atoms with Crippen molar-refractivity contribution >= 4 is 121 Å². The summed E-state index contributed by atoms with van der Waals surface area (Å²) < 4.78 is 435. The first-order valence-electron chi connectivity index (χ1n) is 31.3. The molecule has 6 saturated heterocycles. The number of aliphatic carboxylic acids is 3. The van der Waals surface area contributed by atoms with Crippen molar-refractivity contribution in [2.24, 2.45) is 5.73 Å². The molecule has 6 fully saturated rings. The number of carbonyl (C=O) groups is 3. The van der Waals surface area contributed by atoms with E-state index < -0.39 is 343 Å². The fraction of sp³-hybridized carbons (Fsp3) is 0.930. The molecule has 0 saturated carbocycles. The maximum Gasteiger partial charge on any atom is 0.397 e. The van der Waals surface area contributed by atoms with Gasteiger partial charge in [0, 0.05) is 13.2 Å². The number of nitrogens with two attached hydrogens (primary N) is 1. The van der Waals surface area contributed by atoms with Gasteiger partial charge in [-0.3, -0.25) is 26.2 Å². The molecule has 0 amide bonds. The minimum atomic E-state index is -6.43. The molecule has 0 aromatic rings. The van der Waals surface area contributed by atoms with Gasteiger partial charge in [-0.1, -0.05) is 6.42 Å². The number of rotatable bonds is 43. The van der Waals surface area contributed by atoms with Crippen molar-refractivity contribution in [2.45, 2.75) is 203 Å². The Morgan fingerprint density at radius 1 is 0.342 bits per heavy atom. The molecule has 74 heteroatoms. The van der Waals surface area contributed by atoms with Gasteiger partial charge in [-0.15, -0.1) is 0 Å². The first-order chi connectivity index (χ1) is 53.2. The molecule has 6 aliphatic rings. The van der Waals surface area contributed by atoms with Gasteiger partial charge in [0.2, 0.25) is 31.2 Å². The third-order valence-electron chi connectivity index (χ3n) is 16.2. The molecule has 6 heterocycles. The predicted molar refractivity (Wildman–Crippen MR) is 327 cm³/mol. The van der Waals surface area contributed by atoms with E-state index in [4.69, 9.17) is 62.6 Å². The lowest BCUT2D eigenvalue weighted by Crippen LogP contribution is -2.72. The molecule has 0 unspecified atom stereocenters. The van der Waals surface area contributed by atoms with Gasteiger partial charge in [0.05, 0.1) is 49.2 Å². The maximum atomic E-state index is 13.2. The van der Waals surface area contributed by atoms with Crippen LogP contribution in [0.4, 0.5) is 0 Å². The fourth-order valence-corrected chi connectivity index (χ4v) is 16.9. The summed E-state index contributed by atoms with van der Waals surface area (Å²) in [6.45, 7) is -6.85. The van der Waals surface area contributed by atoms with Crippen LogP contribution in [0.3, 0.4) is 0 Å². The van der Waals surface area contributed by atoms with Crippen LogP contribution in [0.2, 0.25) is 0 Å². The summed E-state index contributed by atoms with van der Waals surface area (Å²) >= 11 is 0. The Hall–Kier alpha value is -3.61. The second-order valence-electron chi connectivity index (χ2n) is 24.5. The van der Waals surface area contributed by atoms with E-state index in [0.29, 0.717) is 0 Å². The van der Waals surface area contributed by atoms with Crippen molar-refractivity contribution in [3.8, 4) is 0 Å². The zero-order chi connectivity index (χ0) is 89.0. The standard InChI is InChI=1S/C43H74N4O60S10/c44-4-7-108(61,62)6-3-1-2-5-90-41-29(105-115(81,82)83)21(52)26(32(102-41)35(55)56)100-39-15(46-110(66,67)68)19(50)24(12(95-39)9-92-113(75,76)77)98-43-31(107-117(87,88)89)23(54)28(34(104-43)37(59)60)101-40-16(47-111(69,70)71)20(51)25(13(96-40)10-93-114(78,79)80)97-42-30(106-116(84,85)86)22(53)27(33(103-42)36(57)58)99-38-14(45-109(63,64)65)18(49)17(48)11(94-38)8-91-112(72,73)74/h11-34,38-43,45-54H,1-10,44H2,(H,55,56)(H,57,58)(H,59,60)(H,63,64,65)(H,66,67,68)(H,69,70,71)(H,72,73,74)(H,75,76,77)(H,78,79,80)(H,81,82,83)(H,84,85,86)(H,87,88,89)/p-9/t11-,12-,13-,14-,15-,16-,17-,18-,19-,20-,21+,22+,23+,24-,25-,26+,27+,28+,29-,30-,31-,32-,33-,34-,38-,39-,40-,41-,42-,43-/m1/s1. The molecular weight excluding hydrogens is 1850 g/mol. The summed E-state index contributed by atoms with van der Waals surface area (Å²) in [6.07, 6.45) is -85.5. The average molecular weight is 1920 g/mol. The van der Waals surface area contributed by atoms with E-state index in [1.54, 1.807) is 0 Å². The predicted octanol–water partition coefficient (Wildman–Crippen LogP) is -22.2. The van der Waals surface area contributed by atoms with E-state index in [-0.39, 0.29) is 25.8 Å². The molecule has 6 aliphatic heterocycles. The Morgan fingerprint density at radius 3 is 0.932 bits per heavy atom. The Kier molecular flexibility index (Phi) is 35.1. The number of nitrogens with one attached hydrogen (secondary N) is 3. The van der Waals surface area contributed by atoms with Crippen molar-refractivity contribution in [2.75, 3.05) is 44.5 Å². The summed E-state index contributed by atoms with van der Waals surface area (Å²) in [5, 5.41) is 119. The van der Waals surface area contributed by atoms with Gasteiger partial charge in [0.25, 0.3) is 0 Å². The quantitative estimate of drug-likeness (QED) is 0.0153. The number of unbranched alkanes of at least 4 members (excludes halogenated alkanes) is 2. The zero-order valence-corrected chi connectivity index (χ0v) is 65.1. The van der Waals surface area contributed by atoms with Crippen LogP contribution in [0.25, 0.3) is 0 Å². The zero-order valence-electron chi connectivity index (χ0n) is 56.9. The topological polar surface area (TPSA) is 1030 Å². The van der Waals surface area contributed by atoms with E-state index in [9.17, 15) is 191 Å². The normalized spacial score (nSPS) is 36.9. The van der Waals surface area contributed by atoms with Crippen LogP contribution in [0.1, 0.15) is 19.3 Å². The highest BCUT2D eigenvalue weighted by molar-refractivity contribution is 7.91. The first kappa shape index (κ1) is 102. The lowest BCUT2D eigenvalue weighted by Gasteiger charge is -2.51. The number of hydrogen-bond acceptors (Lipinski definition) is 58. The lowest BCUT2D eigenvalue weighted by molar-refractivity contribution is -0.391. The molecule has 0 aromatic carbocycles. The highest BCUT2D eigenvalue weighted by Gasteiger charge is 2.61. The van der Waals surface area contributed by atoms with Crippen molar-refractivity contribution in [3.05, 3.63) is 0 Å². The van der Waals surface area contributed by atoms with Crippen LogP contribution in [0, 0.1) is 0 Å². The van der Waals surface area contributed by atoms with E-state index in [1.165, 1.54) is 0 Å². The van der Waals surface area contributed by atoms with Crippen LogP contribution in [-0.4, -0.2) is 407 Å². The highest BCUT2D eigenvalue weighted by atomic mass is 32.3. The minimum absolute atomic E-state index is 0.0337. The Morgan fingerprint density at radius 2 is 0.632 bits per heavy atom. The molecule has 6 rings (SSSR count). The summed E-state index contributed by atoms with van der Waals surface area (Å²) in [6, 6.07) is -9.30. The Bertz CT molecular complexity index is 4620. The number of ether oxygens (including phenoxy) is 12. The van der Waals surface area contributed by atoms with Gasteiger partial charge < -0.3 is 155 Å². The molecule has 0 radical (unpaired) electrons. The average Bonchev–Trinajstić information content (AvgIpc) is 0.759. The smallest absolute Gasteiger partial charge is 0.397 e. The van der Waals surface area contributed by atoms with Gasteiger partial charge in [0.1, 0.15) is 128 Å². The fourth-order valence-electron chi connectivity index (χ4n) is 11.6. The van der Waals surface area contributed by atoms with Crippen LogP contribution >= 0.6 is 0 Å². The van der Waals surface area contributed by atoms with Gasteiger partial charge in [-0.05, 0) is 12.8 Å². The third-order valence-corrected chi connectivity index (χ3v) is 22.4. The number of carbonyl (C=O) groups excluding carboxylic acids is 3. The van der Waals surface area contributed by atoms with Crippen LogP contribution in [0.5, 0.6) is 0 Å². The van der Waals surface area contributed by atoms with Crippen molar-refractivity contribution in [1.82, 2.24) is 14.2 Å². The maximum absolute atomic E-state index is 13.2. The lowest BCUT2D eigenvalue weighted by atomic mass is 9.94. The number of sulfone groups is 1. The van der Waals surface area contributed by atoms with Crippen molar-refractivity contribution < 1.29 is 273 Å².